The summed E-state index contributed by atoms with van der Waals surface area (Å²) in [4.78, 5) is 34.8. The van der Waals surface area contributed by atoms with Gasteiger partial charge in [-0.1, -0.05) is 0 Å². The highest BCUT2D eigenvalue weighted by atomic mass is 16.3. The zero-order chi connectivity index (χ0) is 10.0. The molecule has 70 valence electrons. The number of nitrogens with zero attached hydrogens (tertiary/aromatic N) is 2. The van der Waals surface area contributed by atoms with Crippen LogP contribution in [-0.2, 0) is 7.05 Å². The SMILES string of the molecule is CNc1[nH]c(=O)n(C)c(=O)c1N=O. The van der Waals surface area contributed by atoms with Crippen LogP contribution < -0.4 is 16.6 Å². The Balaban J connectivity index is 3.68. The number of nitroso groups, excluding NO2 is 1. The number of rotatable bonds is 2. The molecule has 0 saturated heterocycles. The van der Waals surface area contributed by atoms with E-state index in [2.05, 4.69) is 15.5 Å². The highest BCUT2D eigenvalue weighted by Crippen LogP contribution is 2.12. The third-order valence-electron chi connectivity index (χ3n) is 1.62. The van der Waals surface area contributed by atoms with Gasteiger partial charge < -0.3 is 5.32 Å². The first-order valence-electron chi connectivity index (χ1n) is 3.46. The summed E-state index contributed by atoms with van der Waals surface area (Å²) in [5, 5.41) is 5.02. The molecule has 1 heterocycles. The van der Waals surface area contributed by atoms with Crippen LogP contribution in [0.1, 0.15) is 0 Å². The third kappa shape index (κ3) is 1.35. The van der Waals surface area contributed by atoms with Crippen molar-refractivity contribution >= 4 is 11.5 Å². The fraction of sp³-hybridized carbons (Fsp3) is 0.333. The summed E-state index contributed by atoms with van der Waals surface area (Å²) in [6.45, 7) is 0. The average molecular weight is 184 g/mol. The zero-order valence-electron chi connectivity index (χ0n) is 7.12. The first-order chi connectivity index (χ1) is 6.11. The van der Waals surface area contributed by atoms with Gasteiger partial charge in [-0.2, -0.15) is 0 Å². The molecular weight excluding hydrogens is 176 g/mol. The molecule has 7 heteroatoms. The smallest absolute Gasteiger partial charge is 0.329 e. The standard InChI is InChI=1S/C6H8N4O3/c1-7-4-3(9-13)5(11)10(2)6(12)8-4/h7H,1-2H3,(H,8,12). The van der Waals surface area contributed by atoms with Crippen molar-refractivity contribution in [2.45, 2.75) is 0 Å². The Morgan fingerprint density at radius 1 is 1.46 bits per heavy atom. The van der Waals surface area contributed by atoms with Gasteiger partial charge in [0, 0.05) is 14.1 Å². The van der Waals surface area contributed by atoms with Crippen molar-refractivity contribution in [1.29, 1.82) is 0 Å². The lowest BCUT2D eigenvalue weighted by Crippen LogP contribution is -2.32. The molecular formula is C6H8N4O3. The molecule has 7 nitrogen and oxygen atoms in total. The Hall–Kier alpha value is -1.92. The number of aromatic nitrogens is 2. The largest absolute Gasteiger partial charge is 0.373 e. The Morgan fingerprint density at radius 2 is 2.08 bits per heavy atom. The van der Waals surface area contributed by atoms with Crippen LogP contribution in [-0.4, -0.2) is 16.6 Å². The van der Waals surface area contributed by atoms with Gasteiger partial charge >= 0.3 is 5.69 Å². The lowest BCUT2D eigenvalue weighted by molar-refractivity contribution is 0.778. The van der Waals surface area contributed by atoms with Crippen LogP contribution >= 0.6 is 0 Å². The van der Waals surface area contributed by atoms with E-state index in [1.165, 1.54) is 14.1 Å². The number of hydrogen-bond donors (Lipinski definition) is 2. The molecule has 0 atom stereocenters. The molecule has 0 fully saturated rings. The van der Waals surface area contributed by atoms with Gasteiger partial charge in [-0.15, -0.1) is 4.91 Å². The minimum Gasteiger partial charge on any atom is -0.373 e. The predicted octanol–water partition coefficient (Wildman–Crippen LogP) is -0.487. The fourth-order valence-electron chi connectivity index (χ4n) is 0.874. The summed E-state index contributed by atoms with van der Waals surface area (Å²) >= 11 is 0. The van der Waals surface area contributed by atoms with Gasteiger partial charge in [0.25, 0.3) is 5.56 Å². The van der Waals surface area contributed by atoms with Crippen LogP contribution in [0.5, 0.6) is 0 Å². The zero-order valence-corrected chi connectivity index (χ0v) is 7.12. The van der Waals surface area contributed by atoms with Crippen LogP contribution in [0.2, 0.25) is 0 Å². The molecule has 0 aliphatic rings. The molecule has 0 amide bonds. The Kier molecular flexibility index (Phi) is 2.27. The van der Waals surface area contributed by atoms with E-state index < -0.39 is 11.2 Å². The van der Waals surface area contributed by atoms with E-state index in [0.29, 0.717) is 0 Å². The number of anilines is 1. The van der Waals surface area contributed by atoms with Gasteiger partial charge in [-0.3, -0.25) is 14.3 Å². The topological polar surface area (TPSA) is 96.3 Å². The minimum absolute atomic E-state index is 0.0306. The van der Waals surface area contributed by atoms with E-state index in [0.717, 1.165) is 4.57 Å². The van der Waals surface area contributed by atoms with Gasteiger partial charge in [0.1, 0.15) is 5.82 Å². The van der Waals surface area contributed by atoms with Gasteiger partial charge in [0.05, 0.1) is 0 Å². The van der Waals surface area contributed by atoms with Crippen LogP contribution in [0.15, 0.2) is 14.8 Å². The third-order valence-corrected chi connectivity index (χ3v) is 1.62. The van der Waals surface area contributed by atoms with E-state index in [9.17, 15) is 14.5 Å². The second kappa shape index (κ2) is 3.21. The van der Waals surface area contributed by atoms with Gasteiger partial charge in [-0.05, 0) is 5.18 Å². The van der Waals surface area contributed by atoms with Crippen molar-refractivity contribution < 1.29 is 0 Å². The summed E-state index contributed by atoms with van der Waals surface area (Å²) < 4.78 is 0.775. The summed E-state index contributed by atoms with van der Waals surface area (Å²) in [6.07, 6.45) is 0. The number of H-pyrrole nitrogens is 1. The molecule has 0 radical (unpaired) electrons. The fourth-order valence-corrected chi connectivity index (χ4v) is 0.874. The van der Waals surface area contributed by atoms with Crippen LogP contribution in [0.4, 0.5) is 11.5 Å². The monoisotopic (exact) mass is 184 g/mol. The van der Waals surface area contributed by atoms with Gasteiger partial charge in [0.2, 0.25) is 5.69 Å². The summed E-state index contributed by atoms with van der Waals surface area (Å²) in [7, 11) is 2.73. The highest BCUT2D eigenvalue weighted by Gasteiger charge is 2.10. The maximum atomic E-state index is 11.2. The van der Waals surface area contributed by atoms with E-state index >= 15 is 0 Å². The van der Waals surface area contributed by atoms with E-state index in [4.69, 9.17) is 0 Å². The molecule has 1 aromatic heterocycles. The normalized spacial score (nSPS) is 9.69. The highest BCUT2D eigenvalue weighted by molar-refractivity contribution is 5.57. The van der Waals surface area contributed by atoms with Gasteiger partial charge in [0.15, 0.2) is 0 Å². The molecule has 1 rings (SSSR count). The molecule has 0 aliphatic heterocycles. The minimum atomic E-state index is -0.719. The lowest BCUT2D eigenvalue weighted by atomic mass is 10.5. The molecule has 0 aromatic carbocycles. The molecule has 0 spiro atoms. The second-order valence-electron chi connectivity index (χ2n) is 2.36. The Morgan fingerprint density at radius 3 is 2.54 bits per heavy atom. The van der Waals surface area contributed by atoms with Crippen molar-refractivity contribution in [2.24, 2.45) is 12.2 Å². The molecule has 2 N–H and O–H groups in total. The molecule has 1 aromatic rings. The lowest BCUT2D eigenvalue weighted by Gasteiger charge is -2.02. The average Bonchev–Trinajstić information content (AvgIpc) is 2.13. The summed E-state index contributed by atoms with van der Waals surface area (Å²) in [6, 6.07) is 0. The van der Waals surface area contributed by atoms with Crippen molar-refractivity contribution in [3.63, 3.8) is 0 Å². The predicted molar refractivity (Wildman–Crippen MR) is 47.3 cm³/mol. The quantitative estimate of drug-likeness (QED) is 0.606. The van der Waals surface area contributed by atoms with Crippen molar-refractivity contribution in [1.82, 2.24) is 9.55 Å². The van der Waals surface area contributed by atoms with Crippen molar-refractivity contribution in [2.75, 3.05) is 12.4 Å². The molecule has 0 unspecified atom stereocenters. The molecule has 0 saturated carbocycles. The Bertz CT molecular complexity index is 444. The van der Waals surface area contributed by atoms with E-state index in [-0.39, 0.29) is 11.5 Å². The number of hydrogen-bond acceptors (Lipinski definition) is 5. The van der Waals surface area contributed by atoms with Crippen LogP contribution in [0, 0.1) is 4.91 Å². The number of aromatic amines is 1. The second-order valence-corrected chi connectivity index (χ2v) is 2.36. The first kappa shape index (κ1) is 9.17. The van der Waals surface area contributed by atoms with Gasteiger partial charge in [-0.25, -0.2) is 4.79 Å². The molecule has 0 bridgehead atoms. The summed E-state index contributed by atoms with van der Waals surface area (Å²) in [5.41, 5.74) is -1.64. The van der Waals surface area contributed by atoms with Crippen LogP contribution in [0.25, 0.3) is 0 Å². The maximum Gasteiger partial charge on any atom is 0.329 e. The van der Waals surface area contributed by atoms with E-state index in [1.54, 1.807) is 0 Å². The Labute approximate surface area is 72.4 Å². The number of nitrogens with one attached hydrogen (secondary N) is 2. The van der Waals surface area contributed by atoms with Crippen molar-refractivity contribution in [3.8, 4) is 0 Å². The maximum absolute atomic E-state index is 11.2. The van der Waals surface area contributed by atoms with Crippen LogP contribution in [0.3, 0.4) is 0 Å². The first-order valence-corrected chi connectivity index (χ1v) is 3.46. The van der Waals surface area contributed by atoms with E-state index in [1.807, 2.05) is 0 Å². The summed E-state index contributed by atoms with van der Waals surface area (Å²) in [5.74, 6) is 0.0306. The molecule has 13 heavy (non-hydrogen) atoms. The molecule has 0 aliphatic carbocycles. The van der Waals surface area contributed by atoms with Crippen molar-refractivity contribution in [3.05, 3.63) is 25.7 Å².